The molecular weight excluding hydrogens is 509 g/mol. The molecule has 2 aromatic carbocycles. The Bertz CT molecular complexity index is 1410. The van der Waals surface area contributed by atoms with Crippen LogP contribution in [0, 0.1) is 11.8 Å². The fraction of sp³-hybridized carbons (Fsp3) is 0.379. The molecule has 2 aliphatic rings. The van der Waals surface area contributed by atoms with Gasteiger partial charge in [-0.05, 0) is 71.7 Å². The van der Waals surface area contributed by atoms with Crippen molar-refractivity contribution in [3.63, 3.8) is 0 Å². The van der Waals surface area contributed by atoms with Crippen molar-refractivity contribution in [1.82, 2.24) is 4.72 Å². The fourth-order valence-electron chi connectivity index (χ4n) is 4.93. The number of aryl methyl sites for hydroxylation is 1. The van der Waals surface area contributed by atoms with Gasteiger partial charge in [-0.2, -0.15) is 4.72 Å². The first-order valence-electron chi connectivity index (χ1n) is 12.7. The summed E-state index contributed by atoms with van der Waals surface area (Å²) < 4.78 is 48.9. The van der Waals surface area contributed by atoms with E-state index < -0.39 is 44.6 Å². The molecule has 1 unspecified atom stereocenters. The standard InChI is InChI=1S/C29H32FNO6S/c1-17(2)27(29(33)34)31-38(35,36)28-18(3)13-22(15-25(28)30)20-9-7-19(8-10-20)16-37-23-11-12-24-21(14-23)5-4-6-26(24)32/h7-12,14-15,17-18,27,31H,4-6,13,16H2,1-3H3,(H,33,34)/t18?,27-/m1/s1. The summed E-state index contributed by atoms with van der Waals surface area (Å²) in [6.07, 6.45) is 3.80. The highest BCUT2D eigenvalue weighted by Crippen LogP contribution is 2.38. The monoisotopic (exact) mass is 541 g/mol. The lowest BCUT2D eigenvalue weighted by molar-refractivity contribution is -0.140. The third-order valence-electron chi connectivity index (χ3n) is 6.97. The van der Waals surface area contributed by atoms with Crippen molar-refractivity contribution in [2.45, 2.75) is 59.1 Å². The van der Waals surface area contributed by atoms with Gasteiger partial charge < -0.3 is 9.84 Å². The number of rotatable bonds is 9. The molecule has 2 atom stereocenters. The zero-order chi connectivity index (χ0) is 27.6. The molecule has 202 valence electrons. The number of nitrogens with one attached hydrogen (secondary N) is 1. The summed E-state index contributed by atoms with van der Waals surface area (Å²) in [5.41, 5.74) is 4.11. The molecule has 2 N–H and O–H groups in total. The molecule has 0 aliphatic heterocycles. The average molecular weight is 542 g/mol. The second kappa shape index (κ2) is 11.2. The number of carbonyl (C=O) groups is 2. The normalized spacial score (nSPS) is 18.7. The van der Waals surface area contributed by atoms with E-state index in [1.54, 1.807) is 26.8 Å². The van der Waals surface area contributed by atoms with Crippen molar-refractivity contribution in [3.05, 3.63) is 81.5 Å². The quantitative estimate of drug-likeness (QED) is 0.439. The SMILES string of the molecule is CC1CC(c2ccc(COc3ccc4c(c3)CCCC4=O)cc2)=CC(F)=C1S(=O)(=O)N[C@@H](C(=O)O)C(C)C. The molecule has 0 aromatic heterocycles. The number of carboxylic acids is 1. The van der Waals surface area contributed by atoms with Crippen LogP contribution in [0.3, 0.4) is 0 Å². The van der Waals surface area contributed by atoms with Crippen molar-refractivity contribution in [2.75, 3.05) is 0 Å². The minimum absolute atomic E-state index is 0.173. The largest absolute Gasteiger partial charge is 0.489 e. The highest BCUT2D eigenvalue weighted by atomic mass is 32.2. The average Bonchev–Trinajstić information content (AvgIpc) is 2.85. The molecule has 7 nitrogen and oxygen atoms in total. The maximum absolute atomic E-state index is 15.1. The Hall–Kier alpha value is -3.30. The molecule has 0 saturated heterocycles. The third-order valence-corrected chi connectivity index (χ3v) is 8.71. The Kier molecular flexibility index (Phi) is 8.18. The second-order valence-electron chi connectivity index (χ2n) is 10.2. The highest BCUT2D eigenvalue weighted by molar-refractivity contribution is 7.93. The molecule has 0 heterocycles. The van der Waals surface area contributed by atoms with Crippen LogP contribution >= 0.6 is 0 Å². The molecule has 0 radical (unpaired) electrons. The summed E-state index contributed by atoms with van der Waals surface area (Å²) in [6, 6.07) is 11.6. The predicted molar refractivity (Wildman–Crippen MR) is 143 cm³/mol. The van der Waals surface area contributed by atoms with E-state index in [9.17, 15) is 23.1 Å². The number of Topliss-reactive ketones (excluding diaryl/α,β-unsaturated/α-hetero) is 1. The second-order valence-corrected chi connectivity index (χ2v) is 11.9. The number of ketones is 1. The van der Waals surface area contributed by atoms with Crippen molar-refractivity contribution in [2.24, 2.45) is 11.8 Å². The third kappa shape index (κ3) is 6.05. The smallest absolute Gasteiger partial charge is 0.322 e. The van der Waals surface area contributed by atoms with Gasteiger partial charge in [-0.3, -0.25) is 9.59 Å². The lowest BCUT2D eigenvalue weighted by atomic mass is 9.90. The fourth-order valence-corrected chi connectivity index (χ4v) is 6.70. The summed E-state index contributed by atoms with van der Waals surface area (Å²) in [4.78, 5) is 23.0. The Morgan fingerprint density at radius 2 is 1.87 bits per heavy atom. The number of sulfonamides is 1. The van der Waals surface area contributed by atoms with Crippen LogP contribution in [-0.4, -0.2) is 31.3 Å². The number of hydrogen-bond acceptors (Lipinski definition) is 5. The number of benzene rings is 2. The summed E-state index contributed by atoms with van der Waals surface area (Å²) in [5.74, 6) is -2.51. The number of carbonyl (C=O) groups excluding carboxylic acids is 1. The van der Waals surface area contributed by atoms with Gasteiger partial charge in [0, 0.05) is 17.9 Å². The van der Waals surface area contributed by atoms with Gasteiger partial charge in [0.2, 0.25) is 10.0 Å². The molecule has 0 bridgehead atoms. The first kappa shape index (κ1) is 27.7. The maximum Gasteiger partial charge on any atom is 0.322 e. The zero-order valence-electron chi connectivity index (χ0n) is 21.7. The minimum Gasteiger partial charge on any atom is -0.489 e. The van der Waals surface area contributed by atoms with Crippen molar-refractivity contribution in [3.8, 4) is 5.75 Å². The maximum atomic E-state index is 15.1. The van der Waals surface area contributed by atoms with Gasteiger partial charge in [0.15, 0.2) is 5.78 Å². The van der Waals surface area contributed by atoms with Crippen molar-refractivity contribution < 1.29 is 32.2 Å². The van der Waals surface area contributed by atoms with E-state index >= 15 is 4.39 Å². The van der Waals surface area contributed by atoms with Gasteiger partial charge >= 0.3 is 5.97 Å². The molecule has 0 amide bonds. The number of fused-ring (bicyclic) bond motifs is 1. The molecule has 0 spiro atoms. The zero-order valence-corrected chi connectivity index (χ0v) is 22.5. The van der Waals surface area contributed by atoms with E-state index in [0.29, 0.717) is 24.4 Å². The van der Waals surface area contributed by atoms with E-state index in [1.165, 1.54) is 6.08 Å². The number of allylic oxidation sites excluding steroid dienone is 4. The molecule has 4 rings (SSSR count). The van der Waals surface area contributed by atoms with Crippen LogP contribution in [0.2, 0.25) is 0 Å². The highest BCUT2D eigenvalue weighted by Gasteiger charge is 2.35. The molecule has 38 heavy (non-hydrogen) atoms. The van der Waals surface area contributed by atoms with Crippen LogP contribution in [-0.2, 0) is 27.8 Å². The molecule has 0 fully saturated rings. The molecule has 9 heteroatoms. The van der Waals surface area contributed by atoms with E-state index in [0.717, 1.165) is 35.1 Å². The van der Waals surface area contributed by atoms with Crippen LogP contribution < -0.4 is 9.46 Å². The Morgan fingerprint density at radius 3 is 2.50 bits per heavy atom. The number of halogens is 1. The first-order valence-corrected chi connectivity index (χ1v) is 14.2. The molecular formula is C29H32FNO6S. The Balaban J connectivity index is 1.46. The van der Waals surface area contributed by atoms with Gasteiger partial charge in [-0.15, -0.1) is 0 Å². The molecule has 0 saturated carbocycles. The topological polar surface area (TPSA) is 110 Å². The minimum atomic E-state index is -4.33. The van der Waals surface area contributed by atoms with Gasteiger partial charge in [0.05, 0.1) is 4.91 Å². The lowest BCUT2D eigenvalue weighted by Crippen LogP contribution is -2.45. The van der Waals surface area contributed by atoms with Crippen molar-refractivity contribution in [1.29, 1.82) is 0 Å². The lowest BCUT2D eigenvalue weighted by Gasteiger charge is -2.25. The van der Waals surface area contributed by atoms with Crippen molar-refractivity contribution >= 4 is 27.3 Å². The van der Waals surface area contributed by atoms with Crippen LogP contribution in [0.5, 0.6) is 5.75 Å². The summed E-state index contributed by atoms with van der Waals surface area (Å²) in [6.45, 7) is 5.10. The summed E-state index contributed by atoms with van der Waals surface area (Å²) in [5, 5.41) is 9.34. The van der Waals surface area contributed by atoms with E-state index in [-0.39, 0.29) is 12.2 Å². The van der Waals surface area contributed by atoms with Gasteiger partial charge in [0.1, 0.15) is 24.2 Å². The van der Waals surface area contributed by atoms with Crippen LogP contribution in [0.4, 0.5) is 4.39 Å². The number of carboxylic acid groups (broad SMARTS) is 1. The van der Waals surface area contributed by atoms with Crippen LogP contribution in [0.1, 0.15) is 67.1 Å². The summed E-state index contributed by atoms with van der Waals surface area (Å²) in [7, 11) is -4.33. The Labute approximate surface area is 222 Å². The van der Waals surface area contributed by atoms with E-state index in [4.69, 9.17) is 4.74 Å². The van der Waals surface area contributed by atoms with E-state index in [1.807, 2.05) is 36.4 Å². The number of ether oxygens (including phenoxy) is 1. The first-order chi connectivity index (χ1) is 18.0. The Morgan fingerprint density at radius 1 is 1.16 bits per heavy atom. The van der Waals surface area contributed by atoms with Gasteiger partial charge in [0.25, 0.3) is 0 Å². The van der Waals surface area contributed by atoms with Gasteiger partial charge in [-0.1, -0.05) is 45.0 Å². The molecule has 2 aliphatic carbocycles. The number of hydrogen-bond donors (Lipinski definition) is 2. The van der Waals surface area contributed by atoms with Crippen LogP contribution in [0.15, 0.2) is 59.3 Å². The van der Waals surface area contributed by atoms with Gasteiger partial charge in [-0.25, -0.2) is 12.8 Å². The van der Waals surface area contributed by atoms with Crippen LogP contribution in [0.25, 0.3) is 5.57 Å². The predicted octanol–water partition coefficient (Wildman–Crippen LogP) is 5.42. The molecule has 2 aromatic rings. The number of aliphatic carboxylic acids is 1. The summed E-state index contributed by atoms with van der Waals surface area (Å²) >= 11 is 0. The van der Waals surface area contributed by atoms with E-state index in [2.05, 4.69) is 4.72 Å².